The Labute approximate surface area is 109 Å². The number of amides is 3. The van der Waals surface area contributed by atoms with E-state index in [0.717, 1.165) is 6.42 Å². The molecule has 0 aliphatic carbocycles. The zero-order valence-corrected chi connectivity index (χ0v) is 11.7. The van der Waals surface area contributed by atoms with E-state index in [1.54, 1.807) is 20.8 Å². The second-order valence-corrected chi connectivity index (χ2v) is 4.70. The predicted octanol–water partition coefficient (Wildman–Crippen LogP) is 0.361. The van der Waals surface area contributed by atoms with E-state index in [2.05, 4.69) is 16.0 Å². The number of carbonyl (C=O) groups is 2. The van der Waals surface area contributed by atoms with Crippen molar-refractivity contribution in [3.63, 3.8) is 0 Å². The summed E-state index contributed by atoms with van der Waals surface area (Å²) in [5, 5.41) is 17.5. The van der Waals surface area contributed by atoms with Gasteiger partial charge in [0.1, 0.15) is 0 Å². The molecule has 6 nitrogen and oxygen atoms in total. The van der Waals surface area contributed by atoms with E-state index in [1.165, 1.54) is 0 Å². The fourth-order valence-corrected chi connectivity index (χ4v) is 1.52. The van der Waals surface area contributed by atoms with Crippen LogP contribution in [0.5, 0.6) is 0 Å². The smallest absolute Gasteiger partial charge is 0.321 e. The molecule has 0 rings (SSSR count). The predicted molar refractivity (Wildman–Crippen MR) is 70.2 cm³/mol. The zero-order valence-electron chi connectivity index (χ0n) is 11.7. The molecule has 0 aromatic carbocycles. The molecule has 2 atom stereocenters. The van der Waals surface area contributed by atoms with Crippen LogP contribution in [-0.2, 0) is 4.79 Å². The Hall–Kier alpha value is -1.14. The van der Waals surface area contributed by atoms with Crippen LogP contribution in [-0.4, -0.2) is 41.8 Å². The SMILES string of the molecule is CCCC(C)(O)CNC(C)C(=O)NC(=O)NCC. The number of aliphatic hydroxyl groups is 1. The number of imide groups is 1. The van der Waals surface area contributed by atoms with E-state index in [-0.39, 0.29) is 0 Å². The third-order valence-corrected chi connectivity index (χ3v) is 2.55. The third kappa shape index (κ3) is 7.24. The van der Waals surface area contributed by atoms with Gasteiger partial charge < -0.3 is 15.7 Å². The summed E-state index contributed by atoms with van der Waals surface area (Å²) in [6.45, 7) is 7.90. The molecule has 6 heteroatoms. The standard InChI is InChI=1S/C12H25N3O3/c1-5-7-12(4,18)8-14-9(3)10(16)15-11(17)13-6-2/h9,14,18H,5-8H2,1-4H3,(H2,13,15,16,17). The molecule has 106 valence electrons. The van der Waals surface area contributed by atoms with Gasteiger partial charge in [-0.05, 0) is 27.2 Å². The molecule has 0 bridgehead atoms. The summed E-state index contributed by atoms with van der Waals surface area (Å²) in [5.41, 5.74) is -0.838. The zero-order chi connectivity index (χ0) is 14.2. The highest BCUT2D eigenvalue weighted by Crippen LogP contribution is 2.10. The summed E-state index contributed by atoms with van der Waals surface area (Å²) in [6.07, 6.45) is 1.53. The van der Waals surface area contributed by atoms with Crippen LogP contribution in [0.3, 0.4) is 0 Å². The molecule has 3 amide bonds. The van der Waals surface area contributed by atoms with Crippen molar-refractivity contribution in [3.8, 4) is 0 Å². The molecular weight excluding hydrogens is 234 g/mol. The van der Waals surface area contributed by atoms with Crippen LogP contribution >= 0.6 is 0 Å². The number of hydrogen-bond donors (Lipinski definition) is 4. The van der Waals surface area contributed by atoms with Crippen LogP contribution in [0.1, 0.15) is 40.5 Å². The number of nitrogens with one attached hydrogen (secondary N) is 3. The second-order valence-electron chi connectivity index (χ2n) is 4.70. The monoisotopic (exact) mass is 259 g/mol. The molecule has 0 aromatic heterocycles. The highest BCUT2D eigenvalue weighted by atomic mass is 16.3. The maximum absolute atomic E-state index is 11.6. The number of rotatable bonds is 7. The molecule has 2 unspecified atom stereocenters. The van der Waals surface area contributed by atoms with Crippen molar-refractivity contribution < 1.29 is 14.7 Å². The molecular formula is C12H25N3O3. The first-order valence-corrected chi connectivity index (χ1v) is 6.36. The largest absolute Gasteiger partial charge is 0.389 e. The molecule has 0 spiro atoms. The topological polar surface area (TPSA) is 90.5 Å². The van der Waals surface area contributed by atoms with Crippen molar-refractivity contribution in [1.29, 1.82) is 0 Å². The van der Waals surface area contributed by atoms with Gasteiger partial charge in [-0.15, -0.1) is 0 Å². The van der Waals surface area contributed by atoms with Crippen molar-refractivity contribution in [2.24, 2.45) is 0 Å². The molecule has 0 aliphatic rings. The Kier molecular flexibility index (Phi) is 7.54. The maximum atomic E-state index is 11.6. The Morgan fingerprint density at radius 1 is 1.33 bits per heavy atom. The molecule has 0 saturated carbocycles. The summed E-state index contributed by atoms with van der Waals surface area (Å²) >= 11 is 0. The van der Waals surface area contributed by atoms with Crippen LogP contribution < -0.4 is 16.0 Å². The fourth-order valence-electron chi connectivity index (χ4n) is 1.52. The van der Waals surface area contributed by atoms with E-state index in [4.69, 9.17) is 0 Å². The quantitative estimate of drug-likeness (QED) is 0.531. The lowest BCUT2D eigenvalue weighted by Gasteiger charge is -2.25. The minimum absolute atomic E-state index is 0.310. The average Bonchev–Trinajstić information content (AvgIpc) is 2.26. The lowest BCUT2D eigenvalue weighted by atomic mass is 10.0. The minimum atomic E-state index is -0.838. The van der Waals surface area contributed by atoms with Crippen LogP contribution in [0.4, 0.5) is 4.79 Å². The number of urea groups is 1. The first kappa shape index (κ1) is 16.9. The Morgan fingerprint density at radius 3 is 2.44 bits per heavy atom. The van der Waals surface area contributed by atoms with Crippen molar-refractivity contribution in [1.82, 2.24) is 16.0 Å². The van der Waals surface area contributed by atoms with E-state index < -0.39 is 23.6 Å². The van der Waals surface area contributed by atoms with Crippen molar-refractivity contribution in [2.75, 3.05) is 13.1 Å². The average molecular weight is 259 g/mol. The summed E-state index contributed by atoms with van der Waals surface area (Å²) in [7, 11) is 0. The van der Waals surface area contributed by atoms with E-state index in [1.807, 2.05) is 6.92 Å². The lowest BCUT2D eigenvalue weighted by Crippen LogP contribution is -2.51. The first-order valence-electron chi connectivity index (χ1n) is 6.36. The van der Waals surface area contributed by atoms with Gasteiger partial charge in [-0.2, -0.15) is 0 Å². The van der Waals surface area contributed by atoms with E-state index in [9.17, 15) is 14.7 Å². The van der Waals surface area contributed by atoms with Gasteiger partial charge in [0.2, 0.25) is 5.91 Å². The van der Waals surface area contributed by atoms with Gasteiger partial charge in [-0.3, -0.25) is 10.1 Å². The highest BCUT2D eigenvalue weighted by molar-refractivity contribution is 5.96. The first-order chi connectivity index (χ1) is 8.32. The molecule has 0 aliphatic heterocycles. The van der Waals surface area contributed by atoms with Gasteiger partial charge in [-0.1, -0.05) is 13.3 Å². The number of hydrogen-bond acceptors (Lipinski definition) is 4. The van der Waals surface area contributed by atoms with Gasteiger partial charge in [0, 0.05) is 13.1 Å². The maximum Gasteiger partial charge on any atom is 0.321 e. The number of carbonyl (C=O) groups excluding carboxylic acids is 2. The second kappa shape index (κ2) is 8.05. The van der Waals surface area contributed by atoms with Gasteiger partial charge in [-0.25, -0.2) is 4.79 Å². The van der Waals surface area contributed by atoms with E-state index in [0.29, 0.717) is 19.5 Å². The van der Waals surface area contributed by atoms with Crippen molar-refractivity contribution >= 4 is 11.9 Å². The normalized spacial score (nSPS) is 15.6. The Balaban J connectivity index is 4.05. The van der Waals surface area contributed by atoms with Crippen LogP contribution in [0.15, 0.2) is 0 Å². The van der Waals surface area contributed by atoms with Crippen LogP contribution in [0.25, 0.3) is 0 Å². The Morgan fingerprint density at radius 2 is 1.94 bits per heavy atom. The summed E-state index contributed by atoms with van der Waals surface area (Å²) in [5.74, 6) is -0.409. The van der Waals surface area contributed by atoms with Crippen molar-refractivity contribution in [2.45, 2.75) is 52.2 Å². The van der Waals surface area contributed by atoms with Crippen LogP contribution in [0.2, 0.25) is 0 Å². The van der Waals surface area contributed by atoms with Crippen molar-refractivity contribution in [3.05, 3.63) is 0 Å². The summed E-state index contributed by atoms with van der Waals surface area (Å²) in [6, 6.07) is -1.03. The van der Waals surface area contributed by atoms with Gasteiger partial charge in [0.05, 0.1) is 11.6 Å². The molecule has 0 heterocycles. The summed E-state index contributed by atoms with van der Waals surface area (Å²) < 4.78 is 0. The van der Waals surface area contributed by atoms with Gasteiger partial charge in [0.15, 0.2) is 0 Å². The van der Waals surface area contributed by atoms with E-state index >= 15 is 0 Å². The summed E-state index contributed by atoms with van der Waals surface area (Å²) in [4.78, 5) is 22.7. The molecule has 0 fully saturated rings. The molecule has 0 saturated heterocycles. The third-order valence-electron chi connectivity index (χ3n) is 2.55. The molecule has 0 radical (unpaired) electrons. The molecule has 4 N–H and O–H groups in total. The highest BCUT2D eigenvalue weighted by Gasteiger charge is 2.22. The minimum Gasteiger partial charge on any atom is -0.389 e. The lowest BCUT2D eigenvalue weighted by molar-refractivity contribution is -0.121. The van der Waals surface area contributed by atoms with Gasteiger partial charge in [0.25, 0.3) is 0 Å². The fraction of sp³-hybridized carbons (Fsp3) is 0.833. The van der Waals surface area contributed by atoms with Crippen LogP contribution in [0, 0.1) is 0 Å². The Bertz CT molecular complexity index is 280. The molecule has 0 aromatic rings. The molecule has 18 heavy (non-hydrogen) atoms. The van der Waals surface area contributed by atoms with Gasteiger partial charge >= 0.3 is 6.03 Å².